The summed E-state index contributed by atoms with van der Waals surface area (Å²) in [4.78, 5) is 4.74. The highest BCUT2D eigenvalue weighted by Gasteiger charge is 2.19. The molecule has 1 aromatic carbocycles. The van der Waals surface area contributed by atoms with Crippen LogP contribution in [0.3, 0.4) is 0 Å². The molecule has 0 saturated carbocycles. The van der Waals surface area contributed by atoms with Crippen LogP contribution in [0, 0.1) is 6.92 Å². The second-order valence-electron chi connectivity index (χ2n) is 5.77. The molecular formula is C17H11BrN8S. The normalized spacial score (nSPS) is 11.3. The smallest absolute Gasteiger partial charge is 0.235 e. The average Bonchev–Trinajstić information content (AvgIpc) is 3.37. The van der Waals surface area contributed by atoms with Crippen LogP contribution in [0.15, 0.2) is 53.3 Å². The molecule has 0 unspecified atom stereocenters. The van der Waals surface area contributed by atoms with Gasteiger partial charge >= 0.3 is 0 Å². The predicted octanol–water partition coefficient (Wildman–Crippen LogP) is 3.57. The minimum atomic E-state index is 0.674. The zero-order chi connectivity index (χ0) is 18.4. The van der Waals surface area contributed by atoms with Gasteiger partial charge in [0.05, 0.1) is 11.4 Å². The summed E-state index contributed by atoms with van der Waals surface area (Å²) in [6.45, 7) is 1.98. The summed E-state index contributed by atoms with van der Waals surface area (Å²) in [7, 11) is 0. The van der Waals surface area contributed by atoms with E-state index in [2.05, 4.69) is 46.5 Å². The SMILES string of the molecule is Cc1c(-c2nn3c(-c4ccncc4)nnc3s2)nnn1-c1ccc(Br)cc1. The molecule has 0 amide bonds. The third-order valence-electron chi connectivity index (χ3n) is 4.10. The highest BCUT2D eigenvalue weighted by Crippen LogP contribution is 2.29. The largest absolute Gasteiger partial charge is 0.265 e. The van der Waals surface area contributed by atoms with Gasteiger partial charge in [-0.2, -0.15) is 9.61 Å². The first-order chi connectivity index (χ1) is 13.2. The zero-order valence-electron chi connectivity index (χ0n) is 14.0. The van der Waals surface area contributed by atoms with Crippen molar-refractivity contribution >= 4 is 32.2 Å². The van der Waals surface area contributed by atoms with Gasteiger partial charge < -0.3 is 0 Å². The van der Waals surface area contributed by atoms with Crippen molar-refractivity contribution < 1.29 is 0 Å². The van der Waals surface area contributed by atoms with Crippen LogP contribution in [-0.2, 0) is 0 Å². The molecular weight excluding hydrogens is 428 g/mol. The molecule has 0 fully saturated rings. The van der Waals surface area contributed by atoms with E-state index < -0.39 is 0 Å². The Balaban J connectivity index is 1.59. The summed E-state index contributed by atoms with van der Waals surface area (Å²) in [5.41, 5.74) is 3.49. The van der Waals surface area contributed by atoms with Gasteiger partial charge in [-0.25, -0.2) is 4.68 Å². The van der Waals surface area contributed by atoms with E-state index in [0.29, 0.717) is 10.8 Å². The van der Waals surface area contributed by atoms with Crippen LogP contribution in [0.1, 0.15) is 5.69 Å². The van der Waals surface area contributed by atoms with Crippen LogP contribution >= 0.6 is 27.3 Å². The Hall–Kier alpha value is -2.98. The van der Waals surface area contributed by atoms with Crippen LogP contribution in [-0.4, -0.2) is 39.8 Å². The van der Waals surface area contributed by atoms with E-state index >= 15 is 0 Å². The maximum Gasteiger partial charge on any atom is 0.235 e. The lowest BCUT2D eigenvalue weighted by Crippen LogP contribution is -1.98. The standard InChI is InChI=1S/C17H11BrN8S/c1-10-14(20-24-25(10)13-4-2-12(18)3-5-13)16-23-26-15(21-22-17(26)27-16)11-6-8-19-9-7-11/h2-9H,1H3. The second kappa shape index (κ2) is 6.32. The Bertz CT molecular complexity index is 1240. The summed E-state index contributed by atoms with van der Waals surface area (Å²) in [5, 5.41) is 22.5. The van der Waals surface area contributed by atoms with Crippen molar-refractivity contribution in [3.05, 3.63) is 59.0 Å². The van der Waals surface area contributed by atoms with Crippen molar-refractivity contribution in [1.29, 1.82) is 0 Å². The Morgan fingerprint density at radius 2 is 1.74 bits per heavy atom. The molecule has 0 aliphatic rings. The van der Waals surface area contributed by atoms with Gasteiger partial charge in [-0.15, -0.1) is 15.3 Å². The number of benzene rings is 1. The minimum Gasteiger partial charge on any atom is -0.265 e. The van der Waals surface area contributed by atoms with Gasteiger partial charge in [-0.3, -0.25) is 4.98 Å². The van der Waals surface area contributed by atoms with Crippen molar-refractivity contribution in [2.75, 3.05) is 0 Å². The maximum atomic E-state index is 4.67. The topological polar surface area (TPSA) is 86.7 Å². The van der Waals surface area contributed by atoms with Gasteiger partial charge in [0.2, 0.25) is 4.96 Å². The molecule has 10 heteroatoms. The molecule has 0 aliphatic heterocycles. The van der Waals surface area contributed by atoms with Gasteiger partial charge in [0.15, 0.2) is 10.8 Å². The van der Waals surface area contributed by atoms with E-state index in [4.69, 9.17) is 0 Å². The van der Waals surface area contributed by atoms with Crippen LogP contribution in [0.5, 0.6) is 0 Å². The maximum absolute atomic E-state index is 4.67. The third kappa shape index (κ3) is 2.73. The van der Waals surface area contributed by atoms with Crippen molar-refractivity contribution in [3.63, 3.8) is 0 Å². The van der Waals surface area contributed by atoms with Crippen LogP contribution in [0.2, 0.25) is 0 Å². The van der Waals surface area contributed by atoms with Gasteiger partial charge in [-0.05, 0) is 43.3 Å². The van der Waals surface area contributed by atoms with Gasteiger partial charge in [-0.1, -0.05) is 32.5 Å². The highest BCUT2D eigenvalue weighted by atomic mass is 79.9. The number of hydrogen-bond donors (Lipinski definition) is 0. The monoisotopic (exact) mass is 438 g/mol. The predicted molar refractivity (Wildman–Crippen MR) is 105 cm³/mol. The number of hydrogen-bond acceptors (Lipinski definition) is 7. The number of rotatable bonds is 3. The molecule has 0 bridgehead atoms. The first-order valence-electron chi connectivity index (χ1n) is 8.02. The Morgan fingerprint density at radius 1 is 0.963 bits per heavy atom. The molecule has 0 aliphatic carbocycles. The Kier molecular flexibility index (Phi) is 3.80. The molecule has 0 saturated heterocycles. The lowest BCUT2D eigenvalue weighted by molar-refractivity contribution is 0.785. The number of pyridine rings is 1. The van der Waals surface area contributed by atoms with E-state index in [1.54, 1.807) is 21.6 Å². The van der Waals surface area contributed by atoms with E-state index in [-0.39, 0.29) is 0 Å². The minimum absolute atomic E-state index is 0.674. The molecule has 0 atom stereocenters. The summed E-state index contributed by atoms with van der Waals surface area (Å²) < 4.78 is 4.54. The first kappa shape index (κ1) is 16.2. The average molecular weight is 439 g/mol. The fourth-order valence-electron chi connectivity index (χ4n) is 2.75. The molecule has 8 nitrogen and oxygen atoms in total. The molecule has 5 rings (SSSR count). The third-order valence-corrected chi connectivity index (χ3v) is 5.53. The van der Waals surface area contributed by atoms with Gasteiger partial charge in [0.1, 0.15) is 5.69 Å². The van der Waals surface area contributed by atoms with Crippen molar-refractivity contribution in [1.82, 2.24) is 39.8 Å². The van der Waals surface area contributed by atoms with Crippen LogP contribution < -0.4 is 0 Å². The van der Waals surface area contributed by atoms with Crippen LogP contribution in [0.4, 0.5) is 0 Å². The Morgan fingerprint density at radius 3 is 2.52 bits per heavy atom. The lowest BCUT2D eigenvalue weighted by Gasteiger charge is -2.03. The molecule has 0 N–H and O–H groups in total. The molecule has 132 valence electrons. The summed E-state index contributed by atoms with van der Waals surface area (Å²) >= 11 is 4.88. The Labute approximate surface area is 165 Å². The molecule has 4 heterocycles. The van der Waals surface area contributed by atoms with Gasteiger partial charge in [0, 0.05) is 22.4 Å². The van der Waals surface area contributed by atoms with E-state index in [1.165, 1.54) is 11.3 Å². The lowest BCUT2D eigenvalue weighted by atomic mass is 10.2. The number of aromatic nitrogens is 8. The zero-order valence-corrected chi connectivity index (χ0v) is 16.4. The van der Waals surface area contributed by atoms with Crippen LogP contribution in [0.25, 0.3) is 32.7 Å². The summed E-state index contributed by atoms with van der Waals surface area (Å²) in [6.07, 6.45) is 3.44. The molecule has 4 aromatic heterocycles. The van der Waals surface area contributed by atoms with E-state index in [0.717, 1.165) is 32.1 Å². The quantitative estimate of drug-likeness (QED) is 0.427. The summed E-state index contributed by atoms with van der Waals surface area (Å²) in [6, 6.07) is 11.7. The number of halogens is 1. The van der Waals surface area contributed by atoms with E-state index in [1.807, 2.05) is 43.3 Å². The molecule has 0 radical (unpaired) electrons. The second-order valence-corrected chi connectivity index (χ2v) is 7.64. The van der Waals surface area contributed by atoms with Crippen molar-refractivity contribution in [2.24, 2.45) is 0 Å². The van der Waals surface area contributed by atoms with Crippen molar-refractivity contribution in [3.8, 4) is 27.8 Å². The highest BCUT2D eigenvalue weighted by molar-refractivity contribution is 9.10. The number of nitrogens with zero attached hydrogens (tertiary/aromatic N) is 8. The van der Waals surface area contributed by atoms with Crippen molar-refractivity contribution in [2.45, 2.75) is 6.92 Å². The molecule has 0 spiro atoms. The number of fused-ring (bicyclic) bond motifs is 1. The molecule has 27 heavy (non-hydrogen) atoms. The molecule has 5 aromatic rings. The first-order valence-corrected chi connectivity index (χ1v) is 9.63. The van der Waals surface area contributed by atoms with E-state index in [9.17, 15) is 0 Å². The fraction of sp³-hybridized carbons (Fsp3) is 0.0588. The van der Waals surface area contributed by atoms with Gasteiger partial charge in [0.25, 0.3) is 0 Å². The summed E-state index contributed by atoms with van der Waals surface area (Å²) in [5.74, 6) is 0.674. The fourth-order valence-corrected chi connectivity index (χ4v) is 3.89.